The second-order valence-corrected chi connectivity index (χ2v) is 7.76. The van der Waals surface area contributed by atoms with Crippen LogP contribution >= 0.6 is 12.4 Å². The van der Waals surface area contributed by atoms with Gasteiger partial charge in [-0.1, -0.05) is 36.4 Å². The summed E-state index contributed by atoms with van der Waals surface area (Å²) in [6.45, 7) is 5.47. The molecule has 0 bridgehead atoms. The molecule has 158 valence electrons. The Labute approximate surface area is 181 Å². The van der Waals surface area contributed by atoms with Crippen molar-refractivity contribution in [3.8, 4) is 5.75 Å². The third-order valence-corrected chi connectivity index (χ3v) is 5.68. The van der Waals surface area contributed by atoms with Gasteiger partial charge in [0.25, 0.3) is 0 Å². The maximum atomic E-state index is 12.7. The quantitative estimate of drug-likeness (QED) is 0.694. The number of amides is 1. The number of nitrogens with one attached hydrogen (secondary N) is 1. The van der Waals surface area contributed by atoms with Crippen LogP contribution < -0.4 is 10.1 Å². The van der Waals surface area contributed by atoms with Gasteiger partial charge >= 0.3 is 0 Å². The van der Waals surface area contributed by atoms with Crippen LogP contribution in [0.1, 0.15) is 36.0 Å². The predicted molar refractivity (Wildman–Crippen MR) is 121 cm³/mol. The van der Waals surface area contributed by atoms with E-state index in [0.29, 0.717) is 13.0 Å². The molecule has 4 nitrogen and oxygen atoms in total. The SMILES string of the molecule is CNCCC1CCN(C(=O)Cc2cccc(OCc3ccccc3C)c2)CC1.Cl. The van der Waals surface area contributed by atoms with Crippen molar-refractivity contribution in [3.63, 3.8) is 0 Å². The van der Waals surface area contributed by atoms with Crippen LogP contribution in [0.25, 0.3) is 0 Å². The van der Waals surface area contributed by atoms with Crippen LogP contribution in [0.2, 0.25) is 0 Å². The van der Waals surface area contributed by atoms with Gasteiger partial charge in [-0.15, -0.1) is 12.4 Å². The average molecular weight is 417 g/mol. The molecule has 0 unspecified atom stereocenters. The van der Waals surface area contributed by atoms with Gasteiger partial charge in [-0.3, -0.25) is 4.79 Å². The summed E-state index contributed by atoms with van der Waals surface area (Å²) in [5.74, 6) is 1.79. The van der Waals surface area contributed by atoms with Crippen molar-refractivity contribution < 1.29 is 9.53 Å². The first-order valence-corrected chi connectivity index (χ1v) is 10.3. The summed E-state index contributed by atoms with van der Waals surface area (Å²) < 4.78 is 5.96. The maximum absolute atomic E-state index is 12.7. The molecule has 5 heteroatoms. The van der Waals surface area contributed by atoms with Crippen molar-refractivity contribution in [3.05, 3.63) is 65.2 Å². The fraction of sp³-hybridized carbons (Fsp3) is 0.458. The number of nitrogens with zero attached hydrogens (tertiary/aromatic N) is 1. The molecule has 0 radical (unpaired) electrons. The lowest BCUT2D eigenvalue weighted by Gasteiger charge is -2.32. The molecule has 0 saturated carbocycles. The molecule has 1 heterocycles. The summed E-state index contributed by atoms with van der Waals surface area (Å²) in [5.41, 5.74) is 3.43. The van der Waals surface area contributed by atoms with E-state index in [-0.39, 0.29) is 18.3 Å². The van der Waals surface area contributed by atoms with E-state index in [2.05, 4.69) is 24.4 Å². The van der Waals surface area contributed by atoms with Crippen molar-refractivity contribution in [2.75, 3.05) is 26.7 Å². The fourth-order valence-corrected chi connectivity index (χ4v) is 3.78. The highest BCUT2D eigenvalue weighted by Crippen LogP contribution is 2.22. The number of carbonyl (C=O) groups excluding carboxylic acids is 1. The van der Waals surface area contributed by atoms with Crippen molar-refractivity contribution in [2.24, 2.45) is 5.92 Å². The van der Waals surface area contributed by atoms with E-state index in [1.165, 1.54) is 17.5 Å². The highest BCUT2D eigenvalue weighted by Gasteiger charge is 2.22. The van der Waals surface area contributed by atoms with Gasteiger partial charge in [-0.2, -0.15) is 0 Å². The van der Waals surface area contributed by atoms with Gasteiger partial charge < -0.3 is 15.0 Å². The lowest BCUT2D eigenvalue weighted by Crippen LogP contribution is -2.39. The van der Waals surface area contributed by atoms with Crippen LogP contribution in [-0.4, -0.2) is 37.5 Å². The van der Waals surface area contributed by atoms with Crippen LogP contribution in [-0.2, 0) is 17.8 Å². The van der Waals surface area contributed by atoms with Gasteiger partial charge in [0, 0.05) is 13.1 Å². The minimum absolute atomic E-state index is 0. The molecular formula is C24H33ClN2O2. The van der Waals surface area contributed by atoms with Crippen LogP contribution in [0.15, 0.2) is 48.5 Å². The normalized spacial score (nSPS) is 14.3. The van der Waals surface area contributed by atoms with Crippen LogP contribution in [0.5, 0.6) is 5.75 Å². The Morgan fingerprint density at radius 1 is 1.14 bits per heavy atom. The molecule has 0 aromatic heterocycles. The Hall–Kier alpha value is -2.04. The van der Waals surface area contributed by atoms with Crippen molar-refractivity contribution in [1.29, 1.82) is 0 Å². The van der Waals surface area contributed by atoms with E-state index in [1.807, 2.05) is 48.3 Å². The number of carbonyl (C=O) groups is 1. The van der Waals surface area contributed by atoms with Crippen molar-refractivity contribution in [2.45, 2.75) is 39.2 Å². The second-order valence-electron chi connectivity index (χ2n) is 7.76. The van der Waals surface area contributed by atoms with Crippen molar-refractivity contribution in [1.82, 2.24) is 10.2 Å². The molecule has 0 spiro atoms. The smallest absolute Gasteiger partial charge is 0.226 e. The molecule has 1 amide bonds. The summed E-state index contributed by atoms with van der Waals surface area (Å²) >= 11 is 0. The topological polar surface area (TPSA) is 41.6 Å². The van der Waals surface area contributed by atoms with Crippen LogP contribution in [0.3, 0.4) is 0 Å². The lowest BCUT2D eigenvalue weighted by molar-refractivity contribution is -0.131. The maximum Gasteiger partial charge on any atom is 0.226 e. The molecule has 1 aliphatic rings. The van der Waals surface area contributed by atoms with E-state index in [1.54, 1.807) is 0 Å². The molecule has 1 saturated heterocycles. The molecule has 29 heavy (non-hydrogen) atoms. The molecule has 3 rings (SSSR count). The van der Waals surface area contributed by atoms with Gasteiger partial charge in [0.05, 0.1) is 6.42 Å². The Bertz CT molecular complexity index is 773. The highest BCUT2D eigenvalue weighted by atomic mass is 35.5. The van der Waals surface area contributed by atoms with Gasteiger partial charge in [-0.25, -0.2) is 0 Å². The Balaban J connectivity index is 0.00000300. The molecule has 2 aromatic rings. The average Bonchev–Trinajstić information content (AvgIpc) is 2.72. The van der Waals surface area contributed by atoms with Gasteiger partial charge in [0.1, 0.15) is 12.4 Å². The van der Waals surface area contributed by atoms with E-state index < -0.39 is 0 Å². The summed E-state index contributed by atoms with van der Waals surface area (Å²) in [6, 6.07) is 16.2. The lowest BCUT2D eigenvalue weighted by atomic mass is 9.93. The van der Waals surface area contributed by atoms with E-state index >= 15 is 0 Å². The summed E-state index contributed by atoms with van der Waals surface area (Å²) in [5, 5.41) is 3.22. The summed E-state index contributed by atoms with van der Waals surface area (Å²) in [7, 11) is 2.00. The number of rotatable bonds is 8. The second kappa shape index (κ2) is 11.8. The first-order chi connectivity index (χ1) is 13.7. The van der Waals surface area contributed by atoms with Crippen LogP contribution in [0, 0.1) is 12.8 Å². The molecule has 1 N–H and O–H groups in total. The standard InChI is InChI=1S/C24H32N2O2.ClH/c1-19-6-3-4-8-22(19)18-28-23-9-5-7-21(16-23)17-24(27)26-14-11-20(12-15-26)10-13-25-2;/h3-9,16,20,25H,10-15,17-18H2,1-2H3;1H. The molecule has 1 aliphatic heterocycles. The third-order valence-electron chi connectivity index (χ3n) is 5.68. The number of aryl methyl sites for hydroxylation is 1. The monoisotopic (exact) mass is 416 g/mol. The molecule has 2 aromatic carbocycles. The number of hydrogen-bond donors (Lipinski definition) is 1. The van der Waals surface area contributed by atoms with Crippen molar-refractivity contribution >= 4 is 18.3 Å². The zero-order chi connectivity index (χ0) is 19.8. The molecule has 1 fully saturated rings. The fourth-order valence-electron chi connectivity index (χ4n) is 3.78. The zero-order valence-corrected chi connectivity index (χ0v) is 18.3. The minimum atomic E-state index is 0. The number of likely N-dealkylation sites (tertiary alicyclic amines) is 1. The Kier molecular flexibility index (Phi) is 9.49. The molecule has 0 aliphatic carbocycles. The molecule has 0 atom stereocenters. The van der Waals surface area contributed by atoms with E-state index in [9.17, 15) is 4.79 Å². The Morgan fingerprint density at radius 2 is 1.90 bits per heavy atom. The van der Waals surface area contributed by atoms with E-state index in [4.69, 9.17) is 4.74 Å². The Morgan fingerprint density at radius 3 is 2.62 bits per heavy atom. The minimum Gasteiger partial charge on any atom is -0.489 e. The summed E-state index contributed by atoms with van der Waals surface area (Å²) in [6.07, 6.45) is 3.89. The van der Waals surface area contributed by atoms with Gasteiger partial charge in [0.15, 0.2) is 0 Å². The number of hydrogen-bond acceptors (Lipinski definition) is 3. The first-order valence-electron chi connectivity index (χ1n) is 10.3. The number of benzene rings is 2. The molecular weight excluding hydrogens is 384 g/mol. The largest absolute Gasteiger partial charge is 0.489 e. The number of piperidine rings is 1. The third kappa shape index (κ3) is 7.06. The number of halogens is 1. The summed E-state index contributed by atoms with van der Waals surface area (Å²) in [4.78, 5) is 14.7. The van der Waals surface area contributed by atoms with Crippen LogP contribution in [0.4, 0.5) is 0 Å². The van der Waals surface area contributed by atoms with Gasteiger partial charge in [-0.05, 0) is 74.5 Å². The van der Waals surface area contributed by atoms with Gasteiger partial charge in [0.2, 0.25) is 5.91 Å². The predicted octanol–water partition coefficient (Wildman–Crippen LogP) is 4.39. The van der Waals surface area contributed by atoms with E-state index in [0.717, 1.165) is 49.7 Å². The zero-order valence-electron chi connectivity index (χ0n) is 17.5. The highest BCUT2D eigenvalue weighted by molar-refractivity contribution is 5.85. The number of ether oxygens (including phenoxy) is 1. The first kappa shape index (κ1) is 23.2.